The lowest BCUT2D eigenvalue weighted by Crippen LogP contribution is -2.26. The van der Waals surface area contributed by atoms with Gasteiger partial charge in [0.25, 0.3) is 5.91 Å². The van der Waals surface area contributed by atoms with Gasteiger partial charge in [0, 0.05) is 47.8 Å². The molecule has 5 nitrogen and oxygen atoms in total. The minimum Gasteiger partial charge on any atom is -0.492 e. The third-order valence-corrected chi connectivity index (χ3v) is 5.13. The smallest absolute Gasteiger partial charge is 0.257 e. The summed E-state index contributed by atoms with van der Waals surface area (Å²) < 4.78 is 18.9. The number of carbonyl (C=O) groups excluding carboxylic acids is 1. The zero-order chi connectivity index (χ0) is 19.5. The van der Waals surface area contributed by atoms with E-state index in [1.807, 2.05) is 24.3 Å². The zero-order valence-electron chi connectivity index (χ0n) is 15.3. The lowest BCUT2D eigenvalue weighted by atomic mass is 10.1. The molecule has 4 rings (SSSR count). The van der Waals surface area contributed by atoms with E-state index >= 15 is 0 Å². The Morgan fingerprint density at radius 1 is 1.29 bits per heavy atom. The van der Waals surface area contributed by atoms with Gasteiger partial charge in [0.2, 0.25) is 0 Å². The van der Waals surface area contributed by atoms with E-state index in [9.17, 15) is 9.18 Å². The highest BCUT2D eigenvalue weighted by atomic mass is 35.5. The second-order valence-electron chi connectivity index (χ2n) is 6.91. The molecule has 0 bridgehead atoms. The molecule has 146 valence electrons. The van der Waals surface area contributed by atoms with Crippen molar-refractivity contribution in [2.45, 2.75) is 12.6 Å². The average molecular weight is 402 g/mol. The van der Waals surface area contributed by atoms with Crippen molar-refractivity contribution in [1.82, 2.24) is 4.90 Å². The maximum Gasteiger partial charge on any atom is 0.257 e. The lowest BCUT2D eigenvalue weighted by Gasteiger charge is -2.15. The number of ether oxygens (including phenoxy) is 1. The number of fused-ring (bicyclic) bond motifs is 1. The van der Waals surface area contributed by atoms with E-state index in [0.717, 1.165) is 35.8 Å². The van der Waals surface area contributed by atoms with Gasteiger partial charge in [-0.2, -0.15) is 0 Å². The first-order valence-corrected chi connectivity index (χ1v) is 9.63. The third-order valence-electron chi connectivity index (χ3n) is 4.89. The van der Waals surface area contributed by atoms with E-state index in [0.29, 0.717) is 30.2 Å². The van der Waals surface area contributed by atoms with Crippen molar-refractivity contribution in [2.24, 2.45) is 0 Å². The number of alkyl halides is 1. The van der Waals surface area contributed by atoms with E-state index in [-0.39, 0.29) is 5.91 Å². The molecule has 1 saturated heterocycles. The Balaban J connectivity index is 1.33. The monoisotopic (exact) mass is 401 g/mol. The molecule has 1 fully saturated rings. The first kappa shape index (κ1) is 18.8. The van der Waals surface area contributed by atoms with E-state index in [1.54, 1.807) is 24.4 Å². The quantitative estimate of drug-likeness (QED) is 0.713. The summed E-state index contributed by atoms with van der Waals surface area (Å²) in [5.74, 6) is 0.590. The predicted molar refractivity (Wildman–Crippen MR) is 110 cm³/mol. The molecule has 0 spiro atoms. The highest BCUT2D eigenvalue weighted by molar-refractivity contribution is 6.34. The SMILES string of the molecule is O=C1Nc2ccc(Cl)cc2/C1=C\Nc1ccc(OCCN2CCC(F)C2)cc1. The largest absolute Gasteiger partial charge is 0.492 e. The molecule has 1 atom stereocenters. The number of amides is 1. The van der Waals surface area contributed by atoms with Crippen LogP contribution >= 0.6 is 11.6 Å². The summed E-state index contributed by atoms with van der Waals surface area (Å²) in [7, 11) is 0. The molecular weight excluding hydrogens is 381 g/mol. The van der Waals surface area contributed by atoms with Crippen molar-refractivity contribution in [3.05, 3.63) is 59.3 Å². The maximum atomic E-state index is 13.2. The van der Waals surface area contributed by atoms with Crippen LogP contribution in [-0.4, -0.2) is 43.2 Å². The fraction of sp³-hybridized carbons (Fsp3) is 0.286. The molecule has 2 aliphatic rings. The number of nitrogens with zero attached hydrogens (tertiary/aromatic N) is 1. The van der Waals surface area contributed by atoms with Crippen LogP contribution in [0.15, 0.2) is 48.7 Å². The zero-order valence-corrected chi connectivity index (χ0v) is 16.0. The minimum absolute atomic E-state index is 0.165. The highest BCUT2D eigenvalue weighted by Crippen LogP contribution is 2.33. The van der Waals surface area contributed by atoms with Gasteiger partial charge in [0.1, 0.15) is 18.5 Å². The molecule has 1 amide bonds. The molecule has 0 aromatic heterocycles. The van der Waals surface area contributed by atoms with Gasteiger partial charge < -0.3 is 15.4 Å². The average Bonchev–Trinajstić information content (AvgIpc) is 3.23. The topological polar surface area (TPSA) is 53.6 Å². The first-order valence-electron chi connectivity index (χ1n) is 9.26. The number of carbonyl (C=O) groups is 1. The molecule has 0 aliphatic carbocycles. The molecule has 0 radical (unpaired) electrons. The van der Waals surface area contributed by atoms with Crippen LogP contribution in [0.3, 0.4) is 0 Å². The Morgan fingerprint density at radius 3 is 2.86 bits per heavy atom. The van der Waals surface area contributed by atoms with Gasteiger partial charge in [-0.3, -0.25) is 9.69 Å². The number of nitrogens with one attached hydrogen (secondary N) is 2. The van der Waals surface area contributed by atoms with E-state index in [2.05, 4.69) is 15.5 Å². The van der Waals surface area contributed by atoms with Crippen LogP contribution in [0, 0.1) is 0 Å². The summed E-state index contributed by atoms with van der Waals surface area (Å²) in [5, 5.41) is 6.54. The lowest BCUT2D eigenvalue weighted by molar-refractivity contribution is -0.110. The molecular formula is C21H21ClFN3O2. The molecule has 2 heterocycles. The predicted octanol–water partition coefficient (Wildman–Crippen LogP) is 4.17. The highest BCUT2D eigenvalue weighted by Gasteiger charge is 2.24. The number of anilines is 2. The summed E-state index contributed by atoms with van der Waals surface area (Å²) >= 11 is 6.04. The Bertz CT molecular complexity index is 901. The summed E-state index contributed by atoms with van der Waals surface area (Å²) in [4.78, 5) is 14.2. The summed E-state index contributed by atoms with van der Waals surface area (Å²) in [6, 6.07) is 12.8. The van der Waals surface area contributed by atoms with Crippen molar-refractivity contribution in [3.63, 3.8) is 0 Å². The van der Waals surface area contributed by atoms with Gasteiger partial charge in [-0.25, -0.2) is 4.39 Å². The van der Waals surface area contributed by atoms with Gasteiger partial charge in [0.15, 0.2) is 0 Å². The Morgan fingerprint density at radius 2 is 2.11 bits per heavy atom. The van der Waals surface area contributed by atoms with Crippen LogP contribution < -0.4 is 15.4 Å². The number of hydrogen-bond donors (Lipinski definition) is 2. The van der Waals surface area contributed by atoms with E-state index in [4.69, 9.17) is 16.3 Å². The summed E-state index contributed by atoms with van der Waals surface area (Å²) in [5.41, 5.74) is 2.91. The van der Waals surface area contributed by atoms with Crippen molar-refractivity contribution in [1.29, 1.82) is 0 Å². The maximum absolute atomic E-state index is 13.2. The minimum atomic E-state index is -0.704. The fourth-order valence-electron chi connectivity index (χ4n) is 3.39. The van der Waals surface area contributed by atoms with Gasteiger partial charge in [-0.15, -0.1) is 0 Å². The van der Waals surface area contributed by atoms with Gasteiger partial charge in [0.05, 0.1) is 5.57 Å². The fourth-order valence-corrected chi connectivity index (χ4v) is 3.56. The van der Waals surface area contributed by atoms with Crippen LogP contribution in [0.2, 0.25) is 5.02 Å². The van der Waals surface area contributed by atoms with Gasteiger partial charge in [-0.05, 0) is 48.9 Å². The van der Waals surface area contributed by atoms with Crippen LogP contribution in [0.5, 0.6) is 5.75 Å². The Kier molecular flexibility index (Phi) is 5.50. The van der Waals surface area contributed by atoms with Crippen molar-refractivity contribution in [3.8, 4) is 5.75 Å². The molecule has 0 saturated carbocycles. The van der Waals surface area contributed by atoms with Gasteiger partial charge >= 0.3 is 0 Å². The van der Waals surface area contributed by atoms with Gasteiger partial charge in [-0.1, -0.05) is 11.6 Å². The van der Waals surface area contributed by atoms with Crippen molar-refractivity contribution < 1.29 is 13.9 Å². The number of likely N-dealkylation sites (tertiary alicyclic amines) is 1. The molecule has 2 aromatic carbocycles. The van der Waals surface area contributed by atoms with E-state index in [1.165, 1.54) is 0 Å². The summed E-state index contributed by atoms with van der Waals surface area (Å²) in [6.07, 6.45) is 1.59. The third kappa shape index (κ3) is 4.29. The molecule has 7 heteroatoms. The number of halogens is 2. The Labute approximate surface area is 168 Å². The van der Waals surface area contributed by atoms with Crippen LogP contribution in [0.25, 0.3) is 5.57 Å². The van der Waals surface area contributed by atoms with Crippen LogP contribution in [-0.2, 0) is 4.79 Å². The summed E-state index contributed by atoms with van der Waals surface area (Å²) in [6.45, 7) is 2.55. The van der Waals surface area contributed by atoms with Crippen LogP contribution in [0.4, 0.5) is 15.8 Å². The number of benzene rings is 2. The first-order chi connectivity index (χ1) is 13.6. The molecule has 28 heavy (non-hydrogen) atoms. The Hall–Kier alpha value is -2.57. The van der Waals surface area contributed by atoms with Crippen molar-refractivity contribution >= 4 is 34.5 Å². The number of rotatable bonds is 6. The molecule has 1 unspecified atom stereocenters. The second kappa shape index (κ2) is 8.20. The molecule has 2 aliphatic heterocycles. The van der Waals surface area contributed by atoms with E-state index < -0.39 is 6.17 Å². The standard InChI is InChI=1S/C21H21ClFN3O2/c22-14-1-6-20-18(11-14)19(21(27)25-20)12-24-16-2-4-17(5-3-16)28-10-9-26-8-7-15(23)13-26/h1-6,11-12,15,24H,7-10,13H2,(H,25,27)/b19-12+. The van der Waals surface area contributed by atoms with Crippen molar-refractivity contribution in [2.75, 3.05) is 36.9 Å². The molecule has 2 N–H and O–H groups in total. The molecule has 2 aromatic rings. The number of hydrogen-bond acceptors (Lipinski definition) is 4. The normalized spacial score (nSPS) is 20.3. The van der Waals surface area contributed by atoms with Crippen LogP contribution in [0.1, 0.15) is 12.0 Å². The second-order valence-corrected chi connectivity index (χ2v) is 7.34.